The summed E-state index contributed by atoms with van der Waals surface area (Å²) in [6.45, 7) is 4.03. The highest BCUT2D eigenvalue weighted by molar-refractivity contribution is 7.15. The molecule has 3 aromatic rings. The quantitative estimate of drug-likeness (QED) is 0.733. The lowest BCUT2D eigenvalue weighted by atomic mass is 10.00. The van der Waals surface area contributed by atoms with Crippen molar-refractivity contribution in [2.24, 2.45) is 0 Å². The summed E-state index contributed by atoms with van der Waals surface area (Å²) < 4.78 is 16.7. The summed E-state index contributed by atoms with van der Waals surface area (Å²) in [5, 5.41) is 0.257. The molecule has 0 spiro atoms. The maximum absolute atomic E-state index is 15.0. The van der Waals surface area contributed by atoms with Gasteiger partial charge >= 0.3 is 5.69 Å². The minimum atomic E-state index is -0.516. The predicted molar refractivity (Wildman–Crippen MR) is 102 cm³/mol. The first kappa shape index (κ1) is 16.0. The lowest BCUT2D eigenvalue weighted by molar-refractivity contribution is 0.630. The fourth-order valence-electron chi connectivity index (χ4n) is 4.24. The van der Waals surface area contributed by atoms with Gasteiger partial charge in [0.05, 0.1) is 10.9 Å². The Morgan fingerprint density at radius 3 is 2.69 bits per heavy atom. The van der Waals surface area contributed by atoms with Crippen LogP contribution in [0.15, 0.2) is 21.7 Å². The van der Waals surface area contributed by atoms with Gasteiger partial charge in [0.2, 0.25) is 0 Å². The molecule has 1 aromatic carbocycles. The normalized spacial score (nSPS) is 19.3. The second kappa shape index (κ2) is 5.39. The van der Waals surface area contributed by atoms with Gasteiger partial charge in [-0.05, 0) is 61.8 Å². The summed E-state index contributed by atoms with van der Waals surface area (Å²) in [5.74, 6) is 0.111. The van der Waals surface area contributed by atoms with Crippen LogP contribution >= 0.6 is 11.3 Å². The molecule has 0 saturated heterocycles. The maximum Gasteiger partial charge on any atom is 0.329 e. The SMILES string of the molecule is Cc1c(-c2cc3c(s2)CCC3C)c(F)cc2c(=O)[nH]c(=O)n(C3CC3)c12. The summed E-state index contributed by atoms with van der Waals surface area (Å²) in [5.41, 5.74) is 2.20. The van der Waals surface area contributed by atoms with Crippen molar-refractivity contribution in [3.8, 4) is 10.4 Å². The average Bonchev–Trinajstić information content (AvgIpc) is 3.24. The number of H-pyrrole nitrogens is 1. The topological polar surface area (TPSA) is 54.9 Å². The number of nitrogens with zero attached hydrogens (tertiary/aromatic N) is 1. The predicted octanol–water partition coefficient (Wildman–Crippen LogP) is 4.25. The van der Waals surface area contributed by atoms with E-state index in [1.54, 1.807) is 15.9 Å². The van der Waals surface area contributed by atoms with E-state index in [9.17, 15) is 9.59 Å². The van der Waals surface area contributed by atoms with Gasteiger partial charge in [0.25, 0.3) is 5.56 Å². The van der Waals surface area contributed by atoms with Crippen molar-refractivity contribution in [3.63, 3.8) is 0 Å². The third-order valence-electron chi connectivity index (χ3n) is 5.76. The second-order valence-electron chi connectivity index (χ2n) is 7.54. The van der Waals surface area contributed by atoms with Crippen molar-refractivity contribution in [1.29, 1.82) is 0 Å². The van der Waals surface area contributed by atoms with Crippen molar-refractivity contribution >= 4 is 22.2 Å². The van der Waals surface area contributed by atoms with E-state index in [4.69, 9.17) is 0 Å². The summed E-state index contributed by atoms with van der Waals surface area (Å²) in [4.78, 5) is 29.2. The van der Waals surface area contributed by atoms with Gasteiger partial charge in [-0.3, -0.25) is 14.3 Å². The number of hydrogen-bond donors (Lipinski definition) is 1. The molecule has 6 heteroatoms. The molecule has 2 aliphatic rings. The van der Waals surface area contributed by atoms with E-state index >= 15 is 4.39 Å². The highest BCUT2D eigenvalue weighted by Gasteiger charge is 2.30. The van der Waals surface area contributed by atoms with Crippen molar-refractivity contribution in [2.45, 2.75) is 51.5 Å². The van der Waals surface area contributed by atoms with E-state index in [0.717, 1.165) is 30.6 Å². The van der Waals surface area contributed by atoms with Crippen molar-refractivity contribution in [3.05, 3.63) is 54.8 Å². The van der Waals surface area contributed by atoms with Crippen molar-refractivity contribution in [2.75, 3.05) is 0 Å². The van der Waals surface area contributed by atoms with Crippen LogP contribution < -0.4 is 11.2 Å². The van der Waals surface area contributed by atoms with Crippen LogP contribution in [0, 0.1) is 12.7 Å². The average molecular weight is 370 g/mol. The molecule has 2 heterocycles. The van der Waals surface area contributed by atoms with Crippen LogP contribution in [0.1, 0.15) is 54.1 Å². The van der Waals surface area contributed by atoms with Crippen molar-refractivity contribution < 1.29 is 4.39 Å². The maximum atomic E-state index is 15.0. The zero-order chi connectivity index (χ0) is 18.2. The van der Waals surface area contributed by atoms with E-state index in [1.807, 2.05) is 6.92 Å². The highest BCUT2D eigenvalue weighted by Crippen LogP contribution is 2.45. The molecule has 2 aliphatic carbocycles. The lowest BCUT2D eigenvalue weighted by Gasteiger charge is -2.14. The molecule has 5 rings (SSSR count). The van der Waals surface area contributed by atoms with Crippen LogP contribution in [0.25, 0.3) is 21.3 Å². The Morgan fingerprint density at radius 1 is 1.23 bits per heavy atom. The number of thiophene rings is 1. The number of benzene rings is 1. The van der Waals surface area contributed by atoms with Gasteiger partial charge in [-0.2, -0.15) is 0 Å². The Balaban J connectivity index is 1.84. The van der Waals surface area contributed by atoms with Crippen LogP contribution in [0.2, 0.25) is 0 Å². The molecule has 4 nitrogen and oxygen atoms in total. The largest absolute Gasteiger partial charge is 0.329 e. The van der Waals surface area contributed by atoms with E-state index < -0.39 is 17.1 Å². The Hall–Kier alpha value is -2.21. The van der Waals surface area contributed by atoms with Gasteiger partial charge in [0, 0.05) is 21.4 Å². The van der Waals surface area contributed by atoms with Crippen LogP contribution in [-0.2, 0) is 6.42 Å². The molecule has 0 amide bonds. The number of rotatable bonds is 2. The molecule has 1 fully saturated rings. The molecule has 0 aliphatic heterocycles. The molecular formula is C20H19FN2O2S. The van der Waals surface area contributed by atoms with Gasteiger partial charge < -0.3 is 0 Å². The molecule has 1 atom stereocenters. The van der Waals surface area contributed by atoms with Crippen LogP contribution in [-0.4, -0.2) is 9.55 Å². The zero-order valence-electron chi connectivity index (χ0n) is 14.7. The van der Waals surface area contributed by atoms with Gasteiger partial charge in [-0.25, -0.2) is 9.18 Å². The monoisotopic (exact) mass is 370 g/mol. The zero-order valence-corrected chi connectivity index (χ0v) is 15.5. The first-order valence-corrected chi connectivity index (χ1v) is 9.88. The number of aryl methyl sites for hydroxylation is 2. The Morgan fingerprint density at radius 2 is 2.00 bits per heavy atom. The molecule has 2 aromatic heterocycles. The Kier molecular flexibility index (Phi) is 3.32. The molecule has 0 radical (unpaired) electrons. The van der Waals surface area contributed by atoms with Gasteiger partial charge in [-0.1, -0.05) is 6.92 Å². The number of hydrogen-bond acceptors (Lipinski definition) is 3. The summed E-state index contributed by atoms with van der Waals surface area (Å²) in [7, 11) is 0. The smallest absolute Gasteiger partial charge is 0.290 e. The first-order valence-electron chi connectivity index (χ1n) is 9.06. The Bertz CT molecular complexity index is 1180. The second-order valence-corrected chi connectivity index (χ2v) is 8.68. The third-order valence-corrected chi connectivity index (χ3v) is 6.98. The van der Waals surface area contributed by atoms with Gasteiger partial charge in [0.1, 0.15) is 5.82 Å². The van der Waals surface area contributed by atoms with E-state index in [1.165, 1.54) is 16.5 Å². The molecule has 1 N–H and O–H groups in total. The fraction of sp³-hybridized carbons (Fsp3) is 0.400. The molecule has 1 unspecified atom stereocenters. The summed E-state index contributed by atoms with van der Waals surface area (Å²) in [6, 6.07) is 3.50. The number of fused-ring (bicyclic) bond motifs is 2. The molecular weight excluding hydrogens is 351 g/mol. The standard InChI is InChI=1S/C20H19FN2O2S/c1-9-3-6-15-12(9)8-16(26-15)17-10(2)18-13(7-14(17)21)19(24)22-20(25)23(18)11-4-5-11/h7-9,11H,3-6H2,1-2H3,(H,22,24,25). The minimum absolute atomic E-state index is 0.104. The number of nitrogens with one attached hydrogen (secondary N) is 1. The fourth-order valence-corrected chi connectivity index (χ4v) is 5.64. The van der Waals surface area contributed by atoms with Crippen LogP contribution in [0.4, 0.5) is 4.39 Å². The lowest BCUT2D eigenvalue weighted by Crippen LogP contribution is -2.30. The number of halogens is 1. The molecule has 26 heavy (non-hydrogen) atoms. The number of aromatic amines is 1. The highest BCUT2D eigenvalue weighted by atomic mass is 32.1. The molecule has 1 saturated carbocycles. The van der Waals surface area contributed by atoms with Gasteiger partial charge in [-0.15, -0.1) is 11.3 Å². The summed E-state index contributed by atoms with van der Waals surface area (Å²) >= 11 is 1.64. The summed E-state index contributed by atoms with van der Waals surface area (Å²) in [6.07, 6.45) is 4.02. The van der Waals surface area contributed by atoms with Crippen LogP contribution in [0.5, 0.6) is 0 Å². The molecule has 134 valence electrons. The van der Waals surface area contributed by atoms with E-state index in [2.05, 4.69) is 18.0 Å². The minimum Gasteiger partial charge on any atom is -0.290 e. The van der Waals surface area contributed by atoms with Crippen LogP contribution in [0.3, 0.4) is 0 Å². The number of aromatic nitrogens is 2. The molecule has 0 bridgehead atoms. The first-order chi connectivity index (χ1) is 12.5. The van der Waals surface area contributed by atoms with Crippen molar-refractivity contribution in [1.82, 2.24) is 9.55 Å². The Labute approximate surface area is 153 Å². The van der Waals surface area contributed by atoms with E-state index in [-0.39, 0.29) is 11.4 Å². The van der Waals surface area contributed by atoms with Gasteiger partial charge in [0.15, 0.2) is 0 Å². The third kappa shape index (κ3) is 2.18. The van der Waals surface area contributed by atoms with E-state index in [0.29, 0.717) is 22.6 Å².